The zero-order valence-electron chi connectivity index (χ0n) is 24.2. The van der Waals surface area contributed by atoms with E-state index in [0.717, 1.165) is 32.2 Å². The highest BCUT2D eigenvalue weighted by molar-refractivity contribution is 5.85. The molecule has 0 saturated heterocycles. The van der Waals surface area contributed by atoms with Gasteiger partial charge in [-0.05, 0) is 81.1 Å². The number of ether oxygens (including phenoxy) is 2. The third-order valence-corrected chi connectivity index (χ3v) is 10.7. The summed E-state index contributed by atoms with van der Waals surface area (Å²) < 4.78 is 12.1. The van der Waals surface area contributed by atoms with Crippen molar-refractivity contribution in [1.29, 1.82) is 0 Å². The lowest BCUT2D eigenvalue weighted by atomic mass is 9.44. The van der Waals surface area contributed by atoms with E-state index in [9.17, 15) is 14.7 Å². The molecule has 0 spiro atoms. The molecule has 1 N–H and O–H groups in total. The van der Waals surface area contributed by atoms with E-state index in [0.29, 0.717) is 18.6 Å². The number of ketones is 1. The molecule has 3 fully saturated rings. The third-order valence-electron chi connectivity index (χ3n) is 10.7. The lowest BCUT2D eigenvalue weighted by Gasteiger charge is -2.61. The normalized spacial score (nSPS) is 38.7. The Hall–Kier alpha value is -2.18. The van der Waals surface area contributed by atoms with E-state index in [1.54, 1.807) is 0 Å². The highest BCUT2D eigenvalue weighted by Crippen LogP contribution is 2.68. The number of esters is 1. The van der Waals surface area contributed by atoms with Crippen molar-refractivity contribution >= 4 is 11.8 Å². The van der Waals surface area contributed by atoms with Crippen molar-refractivity contribution in [2.24, 2.45) is 34.0 Å². The van der Waals surface area contributed by atoms with Gasteiger partial charge in [0.05, 0.1) is 6.10 Å². The van der Waals surface area contributed by atoms with Crippen molar-refractivity contribution in [1.82, 2.24) is 4.90 Å². The summed E-state index contributed by atoms with van der Waals surface area (Å²) in [5.74, 6) is 0.354. The molecule has 6 nitrogen and oxygen atoms in total. The minimum absolute atomic E-state index is 0.0468. The van der Waals surface area contributed by atoms with Crippen LogP contribution in [0.4, 0.5) is 0 Å². The Kier molecular flexibility index (Phi) is 8.17. The van der Waals surface area contributed by atoms with Crippen molar-refractivity contribution in [2.75, 3.05) is 27.2 Å². The van der Waals surface area contributed by atoms with E-state index in [1.165, 1.54) is 5.56 Å². The van der Waals surface area contributed by atoms with Crippen molar-refractivity contribution in [3.63, 3.8) is 0 Å². The fraction of sp³-hybridized carbons (Fsp3) is 0.688. The van der Waals surface area contributed by atoms with Crippen LogP contribution in [0.15, 0.2) is 36.9 Å². The average Bonchev–Trinajstić information content (AvgIpc) is 3.25. The molecule has 38 heavy (non-hydrogen) atoms. The monoisotopic (exact) mass is 525 g/mol. The van der Waals surface area contributed by atoms with Crippen molar-refractivity contribution in [3.05, 3.63) is 42.5 Å². The second kappa shape index (κ2) is 10.8. The number of Topliss-reactive ketones (excluding diaryl/α,β-unsaturated/α-hetero) is 1. The second-order valence-corrected chi connectivity index (χ2v) is 13.1. The third kappa shape index (κ3) is 4.95. The first kappa shape index (κ1) is 28.8. The summed E-state index contributed by atoms with van der Waals surface area (Å²) in [6.07, 6.45) is 5.18. The molecule has 0 radical (unpaired) electrons. The van der Waals surface area contributed by atoms with E-state index in [-0.39, 0.29) is 35.6 Å². The number of hydrogen-bond acceptors (Lipinski definition) is 6. The van der Waals surface area contributed by atoms with Gasteiger partial charge in [-0.25, -0.2) is 4.79 Å². The van der Waals surface area contributed by atoms with Crippen LogP contribution >= 0.6 is 0 Å². The minimum atomic E-state index is -0.671. The topological polar surface area (TPSA) is 76.1 Å². The van der Waals surface area contributed by atoms with Gasteiger partial charge in [-0.1, -0.05) is 45.9 Å². The summed E-state index contributed by atoms with van der Waals surface area (Å²) in [6, 6.07) is 7.81. The summed E-state index contributed by atoms with van der Waals surface area (Å²) in [7, 11) is 4.10. The van der Waals surface area contributed by atoms with Crippen LogP contribution in [-0.4, -0.2) is 61.2 Å². The Morgan fingerprint density at radius 3 is 2.50 bits per heavy atom. The Balaban J connectivity index is 1.56. The molecule has 3 aliphatic carbocycles. The number of aliphatic hydroxyl groups excluding tert-OH is 1. The molecule has 8 atom stereocenters. The van der Waals surface area contributed by atoms with E-state index >= 15 is 0 Å². The van der Waals surface area contributed by atoms with Crippen molar-refractivity contribution < 1.29 is 24.2 Å². The highest BCUT2D eigenvalue weighted by Gasteiger charge is 2.68. The average molecular weight is 526 g/mol. The minimum Gasteiger partial charge on any atom is -0.482 e. The molecule has 0 aliphatic heterocycles. The number of rotatable bonds is 8. The quantitative estimate of drug-likeness (QED) is 0.377. The van der Waals surface area contributed by atoms with Crippen LogP contribution in [0.25, 0.3) is 0 Å². The predicted octanol–water partition coefficient (Wildman–Crippen LogP) is 5.08. The SMILES string of the molecule is C=C[C@]1(C)C[C@@H](OC(=O)COc2ccc(CCN(C)C)cc2)[C@]2(C)C(C)CCC3(CCC(=O)C32)[C@@H](C)[C@@H]1O. The zero-order valence-corrected chi connectivity index (χ0v) is 24.2. The summed E-state index contributed by atoms with van der Waals surface area (Å²) in [6.45, 7) is 13.3. The number of carbonyl (C=O) groups excluding carboxylic acids is 2. The van der Waals surface area contributed by atoms with Gasteiger partial charge in [-0.2, -0.15) is 0 Å². The molecule has 3 saturated carbocycles. The highest BCUT2D eigenvalue weighted by atomic mass is 16.6. The van der Waals surface area contributed by atoms with Crippen LogP contribution in [0.3, 0.4) is 0 Å². The number of likely N-dealkylation sites (N-methyl/N-ethyl adjacent to an activating group) is 1. The van der Waals surface area contributed by atoms with Crippen molar-refractivity contribution in [3.8, 4) is 5.75 Å². The number of hydrogen-bond donors (Lipinski definition) is 1. The molecule has 2 bridgehead atoms. The molecule has 1 aromatic rings. The molecular weight excluding hydrogens is 478 g/mol. The first-order chi connectivity index (χ1) is 17.9. The molecule has 210 valence electrons. The van der Waals surface area contributed by atoms with E-state index in [4.69, 9.17) is 9.47 Å². The van der Waals surface area contributed by atoms with Crippen molar-refractivity contribution in [2.45, 2.75) is 78.4 Å². The predicted molar refractivity (Wildman–Crippen MR) is 149 cm³/mol. The Labute approximate surface area is 228 Å². The fourth-order valence-electron chi connectivity index (χ4n) is 7.94. The smallest absolute Gasteiger partial charge is 0.344 e. The summed E-state index contributed by atoms with van der Waals surface area (Å²) in [4.78, 5) is 28.9. The number of carbonyl (C=O) groups is 2. The molecular formula is C32H47NO5. The lowest BCUT2D eigenvalue weighted by Crippen LogP contribution is -2.63. The van der Waals surface area contributed by atoms with Crippen LogP contribution in [-0.2, 0) is 20.7 Å². The molecule has 0 heterocycles. The lowest BCUT2D eigenvalue weighted by molar-refractivity contribution is -0.207. The molecule has 1 aromatic carbocycles. The van der Waals surface area contributed by atoms with Gasteiger partial charge < -0.3 is 19.5 Å². The van der Waals surface area contributed by atoms with Crippen LogP contribution < -0.4 is 4.74 Å². The van der Waals surface area contributed by atoms with E-state index in [1.807, 2.05) is 37.3 Å². The number of aliphatic hydroxyl groups is 1. The van der Waals surface area contributed by atoms with Gasteiger partial charge in [-0.3, -0.25) is 4.79 Å². The Morgan fingerprint density at radius 1 is 1.18 bits per heavy atom. The first-order valence-electron chi connectivity index (χ1n) is 14.3. The fourth-order valence-corrected chi connectivity index (χ4v) is 7.94. The maximum Gasteiger partial charge on any atom is 0.344 e. The second-order valence-electron chi connectivity index (χ2n) is 13.1. The number of nitrogens with zero attached hydrogens (tertiary/aromatic N) is 1. The van der Waals surface area contributed by atoms with Crippen LogP contribution in [0.5, 0.6) is 5.75 Å². The van der Waals surface area contributed by atoms with E-state index in [2.05, 4.69) is 46.3 Å². The number of benzene rings is 1. The molecule has 6 heteroatoms. The summed E-state index contributed by atoms with van der Waals surface area (Å²) in [5.41, 5.74) is -0.231. The zero-order chi connectivity index (χ0) is 27.9. The standard InChI is InChI=1S/C32H47NO5/c1-8-30(4)19-26(38-27(35)20-37-24-11-9-23(10-12-24)15-18-33(6)7)31(5)21(2)13-16-32(22(3)29(30)36)17-14-25(34)28(31)32/h8-12,21-22,26,28-29,36H,1,13-20H2,2-7H3/t21?,22-,26+,28?,29-,30+,31-,32?/m0/s1. The molecule has 0 aromatic heterocycles. The van der Waals surface area contributed by atoms with Crippen LogP contribution in [0, 0.1) is 34.0 Å². The van der Waals surface area contributed by atoms with Gasteiger partial charge in [0, 0.05) is 29.7 Å². The summed E-state index contributed by atoms with van der Waals surface area (Å²) in [5, 5.41) is 11.6. The summed E-state index contributed by atoms with van der Waals surface area (Å²) >= 11 is 0. The largest absolute Gasteiger partial charge is 0.482 e. The maximum absolute atomic E-state index is 13.5. The van der Waals surface area contributed by atoms with Gasteiger partial charge in [-0.15, -0.1) is 6.58 Å². The van der Waals surface area contributed by atoms with E-state index < -0.39 is 29.0 Å². The molecule has 3 unspecified atom stereocenters. The molecule has 0 amide bonds. The van der Waals surface area contributed by atoms with Crippen LogP contribution in [0.2, 0.25) is 0 Å². The Morgan fingerprint density at radius 2 is 1.87 bits per heavy atom. The maximum atomic E-state index is 13.5. The molecule has 4 rings (SSSR count). The first-order valence-corrected chi connectivity index (χ1v) is 14.3. The van der Waals surface area contributed by atoms with Gasteiger partial charge in [0.25, 0.3) is 0 Å². The molecule has 3 aliphatic rings. The van der Waals surface area contributed by atoms with Gasteiger partial charge in [0.15, 0.2) is 6.61 Å². The van der Waals surface area contributed by atoms with Gasteiger partial charge in [0.1, 0.15) is 17.6 Å². The van der Waals surface area contributed by atoms with Gasteiger partial charge >= 0.3 is 5.97 Å². The van der Waals surface area contributed by atoms with Crippen LogP contribution in [0.1, 0.15) is 65.4 Å². The van der Waals surface area contributed by atoms with Gasteiger partial charge in [0.2, 0.25) is 0 Å². The Bertz CT molecular complexity index is 1040.